The van der Waals surface area contributed by atoms with E-state index in [1.54, 1.807) is 0 Å². The fourth-order valence-electron chi connectivity index (χ4n) is 4.79. The lowest BCUT2D eigenvalue weighted by molar-refractivity contribution is -0.0397. The maximum absolute atomic E-state index is 12.9. The van der Waals surface area contributed by atoms with Gasteiger partial charge in [0.15, 0.2) is 0 Å². The summed E-state index contributed by atoms with van der Waals surface area (Å²) in [6.07, 6.45) is 8.67. The minimum atomic E-state index is -1.01. The molecule has 1 aliphatic carbocycles. The predicted octanol–water partition coefficient (Wildman–Crippen LogP) is 5.35. The molecule has 0 bridgehead atoms. The normalized spacial score (nSPS) is 19.5. The van der Waals surface area contributed by atoms with E-state index >= 15 is 0 Å². The fraction of sp³-hybridized carbons (Fsp3) is 0.625. The van der Waals surface area contributed by atoms with Gasteiger partial charge in [-0.25, -0.2) is 4.79 Å². The third-order valence-electron chi connectivity index (χ3n) is 6.19. The van der Waals surface area contributed by atoms with Crippen LogP contribution in [-0.2, 0) is 28.4 Å². The first-order valence-electron chi connectivity index (χ1n) is 11.1. The first-order valence-corrected chi connectivity index (χ1v) is 13.5. The lowest BCUT2D eigenvalue weighted by Gasteiger charge is -2.24. The van der Waals surface area contributed by atoms with Crippen molar-refractivity contribution in [1.82, 2.24) is 0 Å². The minimum Gasteiger partial charge on any atom is -0.429 e. The predicted molar refractivity (Wildman–Crippen MR) is 118 cm³/mol. The fourth-order valence-corrected chi connectivity index (χ4v) is 5.38. The minimum absolute atomic E-state index is 0.263. The molecule has 1 aromatic carbocycles. The second-order valence-corrected chi connectivity index (χ2v) is 10.5. The van der Waals surface area contributed by atoms with E-state index in [4.69, 9.17) is 9.16 Å². The molecule has 2 aliphatic rings. The highest BCUT2D eigenvalue weighted by Gasteiger charge is 2.38. The molecule has 1 radical (unpaired) electrons. The Kier molecular flexibility index (Phi) is 7.36. The molecule has 0 spiro atoms. The molecule has 0 saturated heterocycles. The number of hydrogen-bond acceptors (Lipinski definition) is 4. The molecule has 1 N–H and O–H groups in total. The summed E-state index contributed by atoms with van der Waals surface area (Å²) in [6, 6.07) is 0. The summed E-state index contributed by atoms with van der Waals surface area (Å²) >= 11 is 0. The molecule has 0 fully saturated rings. The molecule has 1 heterocycles. The second kappa shape index (κ2) is 9.58. The highest BCUT2D eigenvalue weighted by Crippen LogP contribution is 2.42. The van der Waals surface area contributed by atoms with E-state index in [1.807, 2.05) is 0 Å². The second-order valence-electron chi connectivity index (χ2n) is 8.46. The van der Waals surface area contributed by atoms with E-state index in [9.17, 15) is 9.90 Å². The smallest absolute Gasteiger partial charge is 0.341 e. The van der Waals surface area contributed by atoms with E-state index in [0.717, 1.165) is 72.8 Å². The average molecular weight is 416 g/mol. The van der Waals surface area contributed by atoms with Crippen LogP contribution in [0.25, 0.3) is 0 Å². The van der Waals surface area contributed by atoms with Crippen LogP contribution >= 0.6 is 0 Å². The van der Waals surface area contributed by atoms with Gasteiger partial charge in [-0.3, -0.25) is 0 Å². The Morgan fingerprint density at radius 3 is 2.62 bits per heavy atom. The largest absolute Gasteiger partial charge is 0.429 e. The zero-order valence-electron chi connectivity index (χ0n) is 18.6. The number of esters is 1. The van der Waals surface area contributed by atoms with Crippen LogP contribution in [-0.4, -0.2) is 26.2 Å². The molecule has 1 aromatic rings. The molecule has 29 heavy (non-hydrogen) atoms. The summed E-state index contributed by atoms with van der Waals surface area (Å²) in [5.74, 6) is -0.263. The van der Waals surface area contributed by atoms with Crippen molar-refractivity contribution in [3.63, 3.8) is 0 Å². The zero-order chi connectivity index (χ0) is 21.1. The van der Waals surface area contributed by atoms with E-state index in [-0.39, 0.29) is 5.97 Å². The van der Waals surface area contributed by atoms with Crippen molar-refractivity contribution in [2.45, 2.75) is 97.6 Å². The van der Waals surface area contributed by atoms with Gasteiger partial charge in [0.25, 0.3) is 0 Å². The van der Waals surface area contributed by atoms with Crippen molar-refractivity contribution in [2.24, 2.45) is 0 Å². The Bertz CT molecular complexity index is 797. The standard InChI is InChI=1S/C24H35O4Si/c1-6-8-13-18-19(14-20(25)16-11-9-10-12-16)17(7-2)15(3)21-22(18)23(26)27-24(21)28-29(4)5/h11,20,24-25H,6-10,12-14H2,1-5H3/t20-,24?/m0/s1. The number of allylic oxidation sites excluding steroid dienone is 1. The highest BCUT2D eigenvalue weighted by atomic mass is 28.3. The number of rotatable bonds is 9. The van der Waals surface area contributed by atoms with Crippen LogP contribution in [0.4, 0.5) is 0 Å². The number of fused-ring (bicyclic) bond motifs is 1. The molecule has 0 aromatic heterocycles. The van der Waals surface area contributed by atoms with Gasteiger partial charge in [0.1, 0.15) is 0 Å². The Hall–Kier alpha value is -1.43. The van der Waals surface area contributed by atoms with Gasteiger partial charge in [-0.2, -0.15) is 0 Å². The van der Waals surface area contributed by atoms with E-state index < -0.39 is 21.4 Å². The summed E-state index contributed by atoms with van der Waals surface area (Å²) < 4.78 is 11.7. The molecule has 159 valence electrons. The van der Waals surface area contributed by atoms with E-state index in [2.05, 4.69) is 39.9 Å². The molecule has 2 atom stereocenters. The van der Waals surface area contributed by atoms with Crippen LogP contribution in [0.5, 0.6) is 0 Å². The van der Waals surface area contributed by atoms with Crippen LogP contribution in [0.1, 0.15) is 90.4 Å². The summed E-state index contributed by atoms with van der Waals surface area (Å²) in [5.41, 5.74) is 7.39. The van der Waals surface area contributed by atoms with Gasteiger partial charge in [-0.1, -0.05) is 26.3 Å². The van der Waals surface area contributed by atoms with E-state index in [0.29, 0.717) is 12.0 Å². The average Bonchev–Trinajstić information content (AvgIpc) is 3.30. The van der Waals surface area contributed by atoms with Gasteiger partial charge in [-0.05, 0) is 86.4 Å². The van der Waals surface area contributed by atoms with Crippen molar-refractivity contribution < 1.29 is 19.1 Å². The monoisotopic (exact) mass is 415 g/mol. The van der Waals surface area contributed by atoms with Gasteiger partial charge >= 0.3 is 5.97 Å². The Morgan fingerprint density at radius 1 is 1.28 bits per heavy atom. The topological polar surface area (TPSA) is 55.8 Å². The number of hydrogen-bond donors (Lipinski definition) is 1. The van der Waals surface area contributed by atoms with Crippen molar-refractivity contribution in [1.29, 1.82) is 0 Å². The van der Waals surface area contributed by atoms with Gasteiger partial charge < -0.3 is 14.3 Å². The number of unbranched alkanes of at least 4 members (excludes halogenated alkanes) is 1. The first kappa shape index (κ1) is 22.3. The highest BCUT2D eigenvalue weighted by molar-refractivity contribution is 6.48. The van der Waals surface area contributed by atoms with Crippen molar-refractivity contribution in [3.8, 4) is 0 Å². The maximum Gasteiger partial charge on any atom is 0.341 e. The summed E-state index contributed by atoms with van der Waals surface area (Å²) in [5, 5.41) is 10.9. The third kappa shape index (κ3) is 4.52. The quantitative estimate of drug-likeness (QED) is 0.335. The van der Waals surface area contributed by atoms with Crippen LogP contribution in [0.2, 0.25) is 13.1 Å². The number of ether oxygens (including phenoxy) is 1. The number of carbonyl (C=O) groups is 1. The van der Waals surface area contributed by atoms with Gasteiger partial charge in [-0.15, -0.1) is 0 Å². The molecule has 4 nitrogen and oxygen atoms in total. The molecular weight excluding hydrogens is 380 g/mol. The summed E-state index contributed by atoms with van der Waals surface area (Å²) in [4.78, 5) is 12.9. The molecule has 3 rings (SSSR count). The first-order chi connectivity index (χ1) is 13.9. The van der Waals surface area contributed by atoms with Gasteiger partial charge in [0.2, 0.25) is 15.3 Å². The van der Waals surface area contributed by atoms with E-state index in [1.165, 1.54) is 5.56 Å². The number of carbonyl (C=O) groups excluding carboxylic acids is 1. The zero-order valence-corrected chi connectivity index (χ0v) is 19.6. The molecular formula is C24H35O4Si. The molecule has 0 saturated carbocycles. The van der Waals surface area contributed by atoms with Gasteiger partial charge in [0.05, 0.1) is 11.7 Å². The Balaban J connectivity index is 2.12. The lowest BCUT2D eigenvalue weighted by Crippen LogP contribution is -2.19. The Labute approximate surface area is 177 Å². The van der Waals surface area contributed by atoms with Crippen molar-refractivity contribution in [3.05, 3.63) is 45.0 Å². The summed E-state index contributed by atoms with van der Waals surface area (Å²) in [7, 11) is -1.01. The van der Waals surface area contributed by atoms with Gasteiger partial charge in [0, 0.05) is 12.0 Å². The molecule has 0 amide bonds. The lowest BCUT2D eigenvalue weighted by atomic mass is 9.82. The molecule has 1 unspecified atom stereocenters. The Morgan fingerprint density at radius 2 is 2.03 bits per heavy atom. The number of aliphatic hydroxyl groups excluding tert-OH is 1. The van der Waals surface area contributed by atoms with Crippen LogP contribution in [0.15, 0.2) is 11.6 Å². The number of aliphatic hydroxyl groups is 1. The van der Waals surface area contributed by atoms with Crippen molar-refractivity contribution >= 4 is 15.0 Å². The number of benzene rings is 1. The number of cyclic esters (lactones) is 1. The van der Waals surface area contributed by atoms with Crippen LogP contribution < -0.4 is 0 Å². The third-order valence-corrected chi connectivity index (χ3v) is 6.87. The summed E-state index contributed by atoms with van der Waals surface area (Å²) in [6.45, 7) is 10.5. The van der Waals surface area contributed by atoms with Crippen molar-refractivity contribution in [2.75, 3.05) is 0 Å². The van der Waals surface area contributed by atoms with Crippen LogP contribution in [0.3, 0.4) is 0 Å². The molecule has 5 heteroatoms. The maximum atomic E-state index is 12.9. The SMILES string of the molecule is CCCCc1c(C[C@H](O)C2=CCCC2)c(CC)c(C)c2c1C(=O)OC2O[Si](C)C. The molecule has 1 aliphatic heterocycles. The van der Waals surface area contributed by atoms with Crippen LogP contribution in [0, 0.1) is 6.92 Å².